The van der Waals surface area contributed by atoms with E-state index in [1.807, 2.05) is 0 Å². The number of nitrogens with one attached hydrogen (secondary N) is 1. The molecule has 0 saturated carbocycles. The van der Waals surface area contributed by atoms with E-state index in [1.165, 1.54) is 6.07 Å². The van der Waals surface area contributed by atoms with E-state index in [4.69, 9.17) is 16.7 Å². The second kappa shape index (κ2) is 4.77. The Bertz CT molecular complexity index is 546. The van der Waals surface area contributed by atoms with E-state index in [9.17, 15) is 4.39 Å². The fourth-order valence-electron chi connectivity index (χ4n) is 1.35. The predicted molar refractivity (Wildman–Crippen MR) is 62.5 cm³/mol. The van der Waals surface area contributed by atoms with Gasteiger partial charge in [0, 0.05) is 12.1 Å². The van der Waals surface area contributed by atoms with Crippen LogP contribution in [0.5, 0.6) is 0 Å². The number of anilines is 1. The van der Waals surface area contributed by atoms with E-state index in [-0.39, 0.29) is 17.9 Å². The average molecular weight is 257 g/mol. The van der Waals surface area contributed by atoms with Gasteiger partial charge in [-0.1, -0.05) is 0 Å². The summed E-state index contributed by atoms with van der Waals surface area (Å²) in [6.07, 6.45) is 1.08. The zero-order valence-electron chi connectivity index (χ0n) is 8.98. The summed E-state index contributed by atoms with van der Waals surface area (Å²) in [6, 6.07) is 1.01. The minimum absolute atomic E-state index is 0.00228. The second-order valence-electron chi connectivity index (χ2n) is 3.59. The van der Waals surface area contributed by atoms with Gasteiger partial charge >= 0.3 is 0 Å². The molecule has 1 atom stereocenters. The molecule has 17 heavy (non-hydrogen) atoms. The molecule has 0 aliphatic carbocycles. The lowest BCUT2D eigenvalue weighted by atomic mass is 10.3. The Morgan fingerprint density at radius 3 is 3.00 bits per heavy atom. The number of hydrogen-bond acceptors (Lipinski definition) is 5. The van der Waals surface area contributed by atoms with E-state index >= 15 is 0 Å². The first-order chi connectivity index (χ1) is 8.10. The van der Waals surface area contributed by atoms with Gasteiger partial charge in [0.05, 0.1) is 18.3 Å². The van der Waals surface area contributed by atoms with E-state index in [2.05, 4.69) is 20.3 Å². The molecule has 0 fully saturated rings. The van der Waals surface area contributed by atoms with Crippen LogP contribution in [0.15, 0.2) is 12.3 Å². The van der Waals surface area contributed by atoms with Crippen LogP contribution < -0.4 is 5.32 Å². The molecule has 0 radical (unpaired) electrons. The first-order valence-corrected chi connectivity index (χ1v) is 5.34. The highest BCUT2D eigenvalue weighted by Crippen LogP contribution is 2.21. The van der Waals surface area contributed by atoms with Crippen molar-refractivity contribution in [2.75, 3.05) is 11.9 Å². The summed E-state index contributed by atoms with van der Waals surface area (Å²) < 4.78 is 13.0. The maximum atomic E-state index is 13.0. The molecule has 2 rings (SSSR count). The number of aliphatic hydroxyl groups is 1. The lowest BCUT2D eigenvalue weighted by molar-refractivity contribution is 0.281. The molecule has 0 aromatic carbocycles. The van der Waals surface area contributed by atoms with Gasteiger partial charge in [-0.3, -0.25) is 0 Å². The Hall–Kier alpha value is -1.53. The summed E-state index contributed by atoms with van der Waals surface area (Å²) in [5.41, 5.74) is 0.730. The van der Waals surface area contributed by atoms with Gasteiger partial charge in [-0.25, -0.2) is 14.4 Å². The molecule has 90 valence electrons. The summed E-state index contributed by atoms with van der Waals surface area (Å²) in [6.45, 7) is 1.70. The predicted octanol–water partition coefficient (Wildman–Crippen LogP) is 1.61. The number of rotatable bonds is 3. The van der Waals surface area contributed by atoms with Crippen LogP contribution in [0.2, 0.25) is 5.28 Å². The molecule has 2 heterocycles. The summed E-state index contributed by atoms with van der Waals surface area (Å²) >= 11 is 5.73. The van der Waals surface area contributed by atoms with Crippen LogP contribution in [0.3, 0.4) is 0 Å². The number of nitrogens with zero attached hydrogens (tertiary/aromatic N) is 3. The van der Waals surface area contributed by atoms with Crippen LogP contribution >= 0.6 is 11.6 Å². The Kier molecular flexibility index (Phi) is 3.35. The fourth-order valence-corrected chi connectivity index (χ4v) is 1.52. The molecule has 2 aromatic rings. The van der Waals surface area contributed by atoms with Crippen molar-refractivity contribution in [2.24, 2.45) is 0 Å². The van der Waals surface area contributed by atoms with Crippen molar-refractivity contribution in [3.63, 3.8) is 0 Å². The van der Waals surface area contributed by atoms with Crippen LogP contribution in [0, 0.1) is 5.82 Å². The van der Waals surface area contributed by atoms with Gasteiger partial charge in [0.2, 0.25) is 5.28 Å². The Balaban J connectivity index is 2.53. The number of fused-ring (bicyclic) bond motifs is 1. The molecule has 2 aromatic heterocycles. The fraction of sp³-hybridized carbons (Fsp3) is 0.300. The SMILES string of the molecule is CC(CO)Nc1nc(Cl)nc2cc(F)cnc12. The van der Waals surface area contributed by atoms with Crippen molar-refractivity contribution >= 4 is 28.5 Å². The number of pyridine rings is 1. The maximum Gasteiger partial charge on any atom is 0.225 e. The van der Waals surface area contributed by atoms with E-state index in [1.54, 1.807) is 6.92 Å². The van der Waals surface area contributed by atoms with E-state index < -0.39 is 5.82 Å². The number of aliphatic hydroxyl groups excluding tert-OH is 1. The lowest BCUT2D eigenvalue weighted by Gasteiger charge is -2.12. The standard InChI is InChI=1S/C10H10ClFN4O/c1-5(4-17)14-9-8-7(15-10(11)16-9)2-6(12)3-13-8/h2-3,5,17H,4H2,1H3,(H,14,15,16). The number of aromatic nitrogens is 3. The molecule has 0 amide bonds. The third kappa shape index (κ3) is 2.59. The van der Waals surface area contributed by atoms with Crippen molar-refractivity contribution in [3.8, 4) is 0 Å². The average Bonchev–Trinajstić information content (AvgIpc) is 2.27. The smallest absolute Gasteiger partial charge is 0.225 e. The first kappa shape index (κ1) is 11.9. The van der Waals surface area contributed by atoms with Crippen LogP contribution in [0.1, 0.15) is 6.92 Å². The molecular weight excluding hydrogens is 247 g/mol. The zero-order chi connectivity index (χ0) is 12.4. The molecule has 0 saturated heterocycles. The number of hydrogen-bond donors (Lipinski definition) is 2. The second-order valence-corrected chi connectivity index (χ2v) is 3.93. The highest BCUT2D eigenvalue weighted by atomic mass is 35.5. The molecule has 0 aliphatic rings. The Morgan fingerprint density at radius 2 is 2.29 bits per heavy atom. The van der Waals surface area contributed by atoms with Gasteiger partial charge in [-0.15, -0.1) is 0 Å². The highest BCUT2D eigenvalue weighted by Gasteiger charge is 2.11. The quantitative estimate of drug-likeness (QED) is 0.817. The molecule has 1 unspecified atom stereocenters. The van der Waals surface area contributed by atoms with Gasteiger partial charge < -0.3 is 10.4 Å². The van der Waals surface area contributed by atoms with Crippen molar-refractivity contribution in [2.45, 2.75) is 13.0 Å². The maximum absolute atomic E-state index is 13.0. The minimum Gasteiger partial charge on any atom is -0.394 e. The monoisotopic (exact) mass is 256 g/mol. The van der Waals surface area contributed by atoms with Crippen molar-refractivity contribution in [3.05, 3.63) is 23.4 Å². The topological polar surface area (TPSA) is 70.9 Å². The highest BCUT2D eigenvalue weighted by molar-refractivity contribution is 6.28. The Labute approximate surface area is 102 Å². The van der Waals surface area contributed by atoms with Gasteiger partial charge in [0.15, 0.2) is 5.82 Å². The molecule has 2 N–H and O–H groups in total. The van der Waals surface area contributed by atoms with Gasteiger partial charge in [0.25, 0.3) is 0 Å². The molecule has 7 heteroatoms. The van der Waals surface area contributed by atoms with Crippen molar-refractivity contribution in [1.29, 1.82) is 0 Å². The van der Waals surface area contributed by atoms with Crippen LogP contribution in [0.25, 0.3) is 11.0 Å². The van der Waals surface area contributed by atoms with Gasteiger partial charge in [-0.2, -0.15) is 4.98 Å². The van der Waals surface area contributed by atoms with Crippen LogP contribution in [-0.4, -0.2) is 32.7 Å². The van der Waals surface area contributed by atoms with Gasteiger partial charge in [-0.05, 0) is 18.5 Å². The van der Waals surface area contributed by atoms with Crippen molar-refractivity contribution in [1.82, 2.24) is 15.0 Å². The minimum atomic E-state index is -0.492. The molecular formula is C10H10ClFN4O. The normalized spacial score (nSPS) is 12.7. The largest absolute Gasteiger partial charge is 0.394 e. The van der Waals surface area contributed by atoms with Crippen LogP contribution in [-0.2, 0) is 0 Å². The van der Waals surface area contributed by atoms with E-state index in [0.29, 0.717) is 16.9 Å². The summed E-state index contributed by atoms with van der Waals surface area (Å²) in [5, 5.41) is 11.9. The third-order valence-electron chi connectivity index (χ3n) is 2.13. The van der Waals surface area contributed by atoms with Gasteiger partial charge in [0.1, 0.15) is 11.3 Å². The lowest BCUT2D eigenvalue weighted by Crippen LogP contribution is -2.20. The summed E-state index contributed by atoms with van der Waals surface area (Å²) in [7, 11) is 0. The third-order valence-corrected chi connectivity index (χ3v) is 2.30. The number of halogens is 2. The molecule has 0 spiro atoms. The Morgan fingerprint density at radius 1 is 1.53 bits per heavy atom. The summed E-state index contributed by atoms with van der Waals surface area (Å²) in [5.74, 6) is -0.116. The first-order valence-electron chi connectivity index (χ1n) is 4.96. The van der Waals surface area contributed by atoms with E-state index in [0.717, 1.165) is 6.20 Å². The zero-order valence-corrected chi connectivity index (χ0v) is 9.74. The molecule has 0 bridgehead atoms. The van der Waals surface area contributed by atoms with Crippen LogP contribution in [0.4, 0.5) is 10.2 Å². The van der Waals surface area contributed by atoms with Crippen molar-refractivity contribution < 1.29 is 9.50 Å². The molecule has 0 aliphatic heterocycles. The summed E-state index contributed by atoms with van der Waals surface area (Å²) in [4.78, 5) is 11.8. The molecule has 5 nitrogen and oxygen atoms in total.